The molecule has 5 nitrogen and oxygen atoms in total. The highest BCUT2D eigenvalue weighted by Crippen LogP contribution is 2.34. The molecule has 0 bridgehead atoms. The van der Waals surface area contributed by atoms with E-state index in [2.05, 4.69) is 4.90 Å². The van der Waals surface area contributed by atoms with Gasteiger partial charge in [-0.25, -0.2) is 8.42 Å². The van der Waals surface area contributed by atoms with E-state index in [4.69, 9.17) is 4.74 Å². The molecule has 0 aliphatic carbocycles. The summed E-state index contributed by atoms with van der Waals surface area (Å²) in [6.07, 6.45) is 1.13. The molecule has 1 aromatic carbocycles. The molecule has 0 amide bonds. The van der Waals surface area contributed by atoms with Gasteiger partial charge in [0, 0.05) is 31.5 Å². The summed E-state index contributed by atoms with van der Waals surface area (Å²) in [5.41, 5.74) is 1.39. The van der Waals surface area contributed by atoms with E-state index in [1.54, 1.807) is 6.07 Å². The largest absolute Gasteiger partial charge is 0.506 e. The molecule has 0 unspecified atom stereocenters. The van der Waals surface area contributed by atoms with Crippen molar-refractivity contribution in [2.75, 3.05) is 32.6 Å². The van der Waals surface area contributed by atoms with Crippen LogP contribution in [0, 0.1) is 0 Å². The van der Waals surface area contributed by atoms with Crippen molar-refractivity contribution in [3.63, 3.8) is 0 Å². The molecule has 1 N–H and O–H groups in total. The van der Waals surface area contributed by atoms with Gasteiger partial charge in [0.25, 0.3) is 0 Å². The maximum Gasteiger partial charge on any atom is 0.179 e. The number of nitrogens with zero attached hydrogens (tertiary/aromatic N) is 1. The second kappa shape index (κ2) is 7.38. The number of hydrogen-bond donors (Lipinski definition) is 1. The Balaban J connectivity index is 0.00000264. The van der Waals surface area contributed by atoms with Crippen molar-refractivity contribution in [1.82, 2.24) is 4.90 Å². The Kier molecular flexibility index (Phi) is 6.49. The van der Waals surface area contributed by atoms with E-state index in [9.17, 15) is 13.5 Å². The molecular formula is C16H26ClNO4S. The second-order valence-corrected chi connectivity index (χ2v) is 8.88. The smallest absolute Gasteiger partial charge is 0.179 e. The Hall–Kier alpha value is -0.820. The number of benzene rings is 1. The van der Waals surface area contributed by atoms with Gasteiger partial charge in [0.1, 0.15) is 10.6 Å². The third kappa shape index (κ3) is 5.08. The molecule has 0 aromatic heterocycles. The number of phenolic OH excluding ortho intramolecular Hbond substituents is 1. The van der Waals surface area contributed by atoms with Crippen LogP contribution in [0.15, 0.2) is 17.0 Å². The number of sulfone groups is 1. The third-order valence-corrected chi connectivity index (χ3v) is 5.03. The average molecular weight is 364 g/mol. The molecule has 7 heteroatoms. The summed E-state index contributed by atoms with van der Waals surface area (Å²) in [5.74, 6) is -0.123. The summed E-state index contributed by atoms with van der Waals surface area (Å²) in [4.78, 5) is 2.18. The first-order valence-electron chi connectivity index (χ1n) is 7.45. The van der Waals surface area contributed by atoms with Gasteiger partial charge in [-0.15, -0.1) is 12.4 Å². The number of halogens is 1. The third-order valence-electron chi connectivity index (χ3n) is 3.92. The maximum absolute atomic E-state index is 12.0. The second-order valence-electron chi connectivity index (χ2n) is 6.89. The molecule has 23 heavy (non-hydrogen) atoms. The average Bonchev–Trinajstić information content (AvgIpc) is 2.39. The number of ether oxygens (including phenoxy) is 1. The van der Waals surface area contributed by atoms with Crippen LogP contribution in [0.2, 0.25) is 0 Å². The van der Waals surface area contributed by atoms with Crippen molar-refractivity contribution >= 4 is 22.2 Å². The van der Waals surface area contributed by atoms with Crippen LogP contribution in [0.1, 0.15) is 31.9 Å². The van der Waals surface area contributed by atoms with E-state index < -0.39 is 9.84 Å². The maximum atomic E-state index is 12.0. The molecule has 132 valence electrons. The molecule has 1 aliphatic rings. The highest BCUT2D eigenvalue weighted by Gasteiger charge is 2.24. The van der Waals surface area contributed by atoms with E-state index in [0.717, 1.165) is 24.9 Å². The molecular weight excluding hydrogens is 338 g/mol. The fourth-order valence-electron chi connectivity index (χ4n) is 2.50. The summed E-state index contributed by atoms with van der Waals surface area (Å²) in [7, 11) is -3.47. The minimum absolute atomic E-state index is 0. The van der Waals surface area contributed by atoms with Crippen molar-refractivity contribution in [1.29, 1.82) is 0 Å². The standard InChI is InChI=1S/C16H25NO4S.ClH/c1-16(2,3)13-9-12(11-17-5-7-21-8-6-17)15(18)14(10-13)22(4,19)20;/h9-10,18H,5-8,11H2,1-4H3;1H. The Morgan fingerprint density at radius 3 is 2.26 bits per heavy atom. The summed E-state index contributed by atoms with van der Waals surface area (Å²) in [6, 6.07) is 3.51. The Morgan fingerprint density at radius 1 is 1.22 bits per heavy atom. The summed E-state index contributed by atoms with van der Waals surface area (Å²) < 4.78 is 29.3. The van der Waals surface area contributed by atoms with Crippen LogP contribution in [0.5, 0.6) is 5.75 Å². The lowest BCUT2D eigenvalue weighted by Gasteiger charge is -2.28. The number of morpholine rings is 1. The zero-order valence-corrected chi connectivity index (χ0v) is 15.8. The number of aromatic hydroxyl groups is 1. The van der Waals surface area contributed by atoms with Crippen molar-refractivity contribution < 1.29 is 18.3 Å². The van der Waals surface area contributed by atoms with Gasteiger partial charge in [-0.1, -0.05) is 26.8 Å². The van der Waals surface area contributed by atoms with Gasteiger partial charge in [0.15, 0.2) is 9.84 Å². The lowest BCUT2D eigenvalue weighted by atomic mass is 9.86. The SMILES string of the molecule is CC(C)(C)c1cc(CN2CCOCC2)c(O)c(S(C)(=O)=O)c1.Cl. The van der Waals surface area contributed by atoms with Crippen LogP contribution in [0.4, 0.5) is 0 Å². The van der Waals surface area contributed by atoms with Gasteiger partial charge >= 0.3 is 0 Å². The van der Waals surface area contributed by atoms with E-state index in [0.29, 0.717) is 25.3 Å². The molecule has 1 aliphatic heterocycles. The van der Waals surface area contributed by atoms with Gasteiger partial charge in [0.05, 0.1) is 13.2 Å². The molecule has 1 heterocycles. The predicted molar refractivity (Wildman–Crippen MR) is 93.3 cm³/mol. The monoisotopic (exact) mass is 363 g/mol. The van der Waals surface area contributed by atoms with E-state index in [-0.39, 0.29) is 28.5 Å². The van der Waals surface area contributed by atoms with Crippen LogP contribution >= 0.6 is 12.4 Å². The molecule has 1 fully saturated rings. The Labute approximate surface area is 145 Å². The molecule has 1 saturated heterocycles. The first-order chi connectivity index (χ1) is 10.1. The van der Waals surface area contributed by atoms with Crippen molar-refractivity contribution in [3.05, 3.63) is 23.3 Å². The lowest BCUT2D eigenvalue weighted by molar-refractivity contribution is 0.0338. The molecule has 0 atom stereocenters. The minimum Gasteiger partial charge on any atom is -0.506 e. The van der Waals surface area contributed by atoms with Crippen LogP contribution in [-0.4, -0.2) is 51.0 Å². The zero-order valence-electron chi connectivity index (χ0n) is 14.1. The topological polar surface area (TPSA) is 66.8 Å². The molecule has 2 rings (SSSR count). The van der Waals surface area contributed by atoms with Crippen LogP contribution < -0.4 is 0 Å². The van der Waals surface area contributed by atoms with Gasteiger partial charge < -0.3 is 9.84 Å². The molecule has 0 radical (unpaired) electrons. The zero-order chi connectivity index (χ0) is 16.5. The summed E-state index contributed by atoms with van der Waals surface area (Å²) >= 11 is 0. The quantitative estimate of drug-likeness (QED) is 0.892. The first-order valence-corrected chi connectivity index (χ1v) is 9.35. The van der Waals surface area contributed by atoms with Crippen LogP contribution in [0.3, 0.4) is 0 Å². The van der Waals surface area contributed by atoms with Crippen LogP contribution in [0.25, 0.3) is 0 Å². The van der Waals surface area contributed by atoms with Gasteiger partial charge in [-0.2, -0.15) is 0 Å². The van der Waals surface area contributed by atoms with Crippen molar-refractivity contribution in [2.45, 2.75) is 37.6 Å². The normalized spacial score (nSPS) is 16.9. The van der Waals surface area contributed by atoms with E-state index >= 15 is 0 Å². The van der Waals surface area contributed by atoms with Crippen LogP contribution in [-0.2, 0) is 26.5 Å². The number of hydrogen-bond acceptors (Lipinski definition) is 5. The lowest BCUT2D eigenvalue weighted by Crippen LogP contribution is -2.35. The van der Waals surface area contributed by atoms with E-state index in [1.807, 2.05) is 26.8 Å². The highest BCUT2D eigenvalue weighted by molar-refractivity contribution is 7.90. The first kappa shape index (κ1) is 20.2. The summed E-state index contributed by atoms with van der Waals surface area (Å²) in [5, 5.41) is 10.4. The Bertz CT molecular complexity index is 647. The fourth-order valence-corrected chi connectivity index (χ4v) is 3.33. The van der Waals surface area contributed by atoms with Gasteiger partial charge in [0.2, 0.25) is 0 Å². The number of phenols is 1. The number of rotatable bonds is 3. The van der Waals surface area contributed by atoms with Gasteiger partial charge in [-0.05, 0) is 17.0 Å². The molecule has 0 saturated carbocycles. The van der Waals surface area contributed by atoms with E-state index in [1.165, 1.54) is 0 Å². The Morgan fingerprint density at radius 2 is 1.78 bits per heavy atom. The van der Waals surface area contributed by atoms with Gasteiger partial charge in [-0.3, -0.25) is 4.90 Å². The minimum atomic E-state index is -3.47. The highest BCUT2D eigenvalue weighted by atomic mass is 35.5. The fraction of sp³-hybridized carbons (Fsp3) is 0.625. The predicted octanol–water partition coefficient (Wildman–Crippen LogP) is 2.35. The van der Waals surface area contributed by atoms with Crippen molar-refractivity contribution in [3.8, 4) is 5.75 Å². The summed E-state index contributed by atoms with van der Waals surface area (Å²) in [6.45, 7) is 9.53. The molecule has 0 spiro atoms. The van der Waals surface area contributed by atoms with Crippen molar-refractivity contribution in [2.24, 2.45) is 0 Å². The molecule has 1 aromatic rings.